The second-order valence-corrected chi connectivity index (χ2v) is 11.7. The van der Waals surface area contributed by atoms with Gasteiger partial charge in [-0.05, 0) is 36.1 Å². The molecule has 2 aromatic carbocycles. The number of fused-ring (bicyclic) bond motifs is 2. The molecule has 3 heterocycles. The van der Waals surface area contributed by atoms with Gasteiger partial charge in [0.15, 0.2) is 38.4 Å². The molecule has 0 amide bonds. The Balaban J connectivity index is 1.42. The average Bonchev–Trinajstić information content (AvgIpc) is 3.38. The predicted molar refractivity (Wildman–Crippen MR) is 127 cm³/mol. The fourth-order valence-corrected chi connectivity index (χ4v) is 6.21. The minimum Gasteiger partial charge on any atom is -0.395 e. The summed E-state index contributed by atoms with van der Waals surface area (Å²) in [7, 11) is -2.20. The van der Waals surface area contributed by atoms with Crippen LogP contribution in [0.2, 0.25) is 0 Å². The van der Waals surface area contributed by atoms with E-state index in [9.17, 15) is 27.6 Å². The molecule has 192 valence electrons. The minimum absolute atomic E-state index is 0.0189. The number of alkyl halides is 2. The molecule has 1 aliphatic carbocycles. The molecule has 1 aromatic heterocycles. The molecule has 3 aliphatic rings. The van der Waals surface area contributed by atoms with Crippen molar-refractivity contribution < 1.29 is 31.8 Å². The summed E-state index contributed by atoms with van der Waals surface area (Å²) in [4.78, 5) is 6.05. The van der Waals surface area contributed by atoms with Gasteiger partial charge < -0.3 is 24.0 Å². The van der Waals surface area contributed by atoms with Crippen LogP contribution in [0.4, 0.5) is 14.6 Å². The molecule has 3 aromatic rings. The van der Waals surface area contributed by atoms with E-state index >= 15 is 0 Å². The zero-order valence-corrected chi connectivity index (χ0v) is 20.7. The summed E-state index contributed by atoms with van der Waals surface area (Å²) in [6.07, 6.45) is -3.53. The van der Waals surface area contributed by atoms with E-state index in [0.29, 0.717) is 22.5 Å². The first-order valence-corrected chi connectivity index (χ1v) is 13.3. The van der Waals surface area contributed by atoms with Crippen LogP contribution in [-0.2, 0) is 28.8 Å². The van der Waals surface area contributed by atoms with E-state index in [4.69, 9.17) is 0 Å². The molecule has 2 aliphatic heterocycles. The van der Waals surface area contributed by atoms with E-state index in [1.165, 1.54) is 28.5 Å². The summed E-state index contributed by atoms with van der Waals surface area (Å²) < 4.78 is 63.8. The molecule has 0 saturated heterocycles. The van der Waals surface area contributed by atoms with Crippen LogP contribution in [0.1, 0.15) is 42.7 Å². The number of benzene rings is 2. The Morgan fingerprint density at radius 2 is 1.84 bits per heavy atom. The van der Waals surface area contributed by atoms with E-state index in [1.807, 2.05) is 12.1 Å². The Morgan fingerprint density at radius 3 is 2.43 bits per heavy atom. The maximum absolute atomic E-state index is 13.5. The lowest BCUT2D eigenvalue weighted by Crippen LogP contribution is -2.26. The zero-order valence-electron chi connectivity index (χ0n) is 19.9. The Labute approximate surface area is 211 Å². The molecule has 1 saturated carbocycles. The summed E-state index contributed by atoms with van der Waals surface area (Å²) in [5.74, 6) is -0.141. The van der Waals surface area contributed by atoms with E-state index in [1.54, 1.807) is 19.2 Å². The first kappa shape index (κ1) is 23.7. The summed E-state index contributed by atoms with van der Waals surface area (Å²) in [5.41, 5.74) is 1.87. The highest BCUT2D eigenvalue weighted by Gasteiger charge is 2.46. The van der Waals surface area contributed by atoms with E-state index in [0.717, 1.165) is 18.4 Å². The van der Waals surface area contributed by atoms with E-state index in [-0.39, 0.29) is 34.6 Å². The number of nitrogens with zero attached hydrogens (tertiary/aromatic N) is 4. The topological polar surface area (TPSA) is 118 Å². The average molecular weight is 529 g/mol. The molecule has 6 rings (SSSR count). The van der Waals surface area contributed by atoms with E-state index in [2.05, 4.69) is 20.5 Å². The lowest BCUT2D eigenvalue weighted by molar-refractivity contribution is -0.286. The van der Waals surface area contributed by atoms with Gasteiger partial charge in [0.2, 0.25) is 0 Å². The second-order valence-electron chi connectivity index (χ2n) is 9.46. The summed E-state index contributed by atoms with van der Waals surface area (Å²) in [6.45, 7) is 1.54. The number of hydrogen-bond acceptors (Lipinski definition) is 8. The van der Waals surface area contributed by atoms with Crippen molar-refractivity contribution in [2.24, 2.45) is 7.05 Å². The Bertz CT molecular complexity index is 1590. The van der Waals surface area contributed by atoms with E-state index < -0.39 is 27.8 Å². The number of hydrogen-bond donors (Lipinski definition) is 1. The molecular weight excluding hydrogens is 506 g/mol. The summed E-state index contributed by atoms with van der Waals surface area (Å²) in [5, 5.41) is 20.5. The number of anilines is 1. The van der Waals surface area contributed by atoms with Crippen molar-refractivity contribution in [2.75, 3.05) is 10.7 Å². The zero-order chi connectivity index (χ0) is 26.3. The maximum atomic E-state index is 13.5. The van der Waals surface area contributed by atoms with Gasteiger partial charge in [0, 0.05) is 24.7 Å². The van der Waals surface area contributed by atoms with Crippen LogP contribution in [0.5, 0.6) is 11.5 Å². The van der Waals surface area contributed by atoms with Gasteiger partial charge in [0.05, 0.1) is 17.2 Å². The lowest BCUT2D eigenvalue weighted by Gasteiger charge is -2.22. The van der Waals surface area contributed by atoms with Crippen molar-refractivity contribution >= 4 is 15.7 Å². The molecule has 12 heteroatoms. The van der Waals surface area contributed by atoms with Gasteiger partial charge in [-0.15, -0.1) is 8.78 Å². The van der Waals surface area contributed by atoms with Crippen LogP contribution in [0.3, 0.4) is 0 Å². The number of ether oxygens (including phenoxy) is 2. The molecule has 9 nitrogen and oxygen atoms in total. The third kappa shape index (κ3) is 3.56. The van der Waals surface area contributed by atoms with Crippen molar-refractivity contribution in [1.82, 2.24) is 9.55 Å². The lowest BCUT2D eigenvalue weighted by atomic mass is 9.96. The summed E-state index contributed by atoms with van der Waals surface area (Å²) >= 11 is 0. The molecule has 1 atom stereocenters. The van der Waals surface area contributed by atoms with Crippen LogP contribution in [-0.4, -0.2) is 35.1 Å². The third-order valence-electron chi connectivity index (χ3n) is 7.21. The SMILES string of the molecule is CCS(=O)(=O)c1c(N2Cc3cc4c(cc3C2O)OC(F)(F)O4)nc(-c2ccc(C3(C#N)CC3)cc2)n1C. The Morgan fingerprint density at radius 1 is 1.19 bits per heavy atom. The normalized spacial score (nSPS) is 20.5. The fraction of sp³-hybridized carbons (Fsp3) is 0.360. The number of nitriles is 1. The minimum atomic E-state index is -3.79. The van der Waals surface area contributed by atoms with Gasteiger partial charge in [-0.1, -0.05) is 31.2 Å². The predicted octanol–water partition coefficient (Wildman–Crippen LogP) is 3.77. The van der Waals surface area contributed by atoms with Gasteiger partial charge in [-0.2, -0.15) is 5.26 Å². The number of rotatable bonds is 5. The molecule has 37 heavy (non-hydrogen) atoms. The van der Waals surface area contributed by atoms with Gasteiger partial charge in [0.25, 0.3) is 0 Å². The smallest absolute Gasteiger partial charge is 0.395 e. The van der Waals surface area contributed by atoms with Gasteiger partial charge in [0.1, 0.15) is 5.82 Å². The van der Waals surface area contributed by atoms with Gasteiger partial charge in [-0.3, -0.25) is 0 Å². The van der Waals surface area contributed by atoms with Gasteiger partial charge >= 0.3 is 6.29 Å². The van der Waals surface area contributed by atoms with Crippen molar-refractivity contribution in [3.63, 3.8) is 0 Å². The van der Waals surface area contributed by atoms with Crippen LogP contribution in [0, 0.1) is 11.3 Å². The van der Waals surface area contributed by atoms with Crippen LogP contribution in [0.25, 0.3) is 11.4 Å². The first-order chi connectivity index (χ1) is 17.5. The number of halogens is 2. The Kier molecular flexibility index (Phi) is 4.90. The standard InChI is InChI=1S/C25H22F2N4O5S/c1-3-37(33,34)23-21(29-20(30(23)2)14-4-6-16(7-5-14)24(13-28)8-9-24)31-12-15-10-18-19(11-17(15)22(31)32)36-25(26,27)35-18/h4-7,10-11,22,32H,3,8-9,12H2,1-2H3. The van der Waals surface area contributed by atoms with Crippen LogP contribution in [0.15, 0.2) is 41.4 Å². The third-order valence-corrected chi connectivity index (χ3v) is 9.01. The first-order valence-electron chi connectivity index (χ1n) is 11.7. The van der Waals surface area contributed by atoms with Crippen molar-refractivity contribution in [3.05, 3.63) is 53.1 Å². The molecular formula is C25H22F2N4O5S. The number of aromatic nitrogens is 2. The highest BCUT2D eigenvalue weighted by atomic mass is 32.2. The molecule has 1 N–H and O–H groups in total. The number of sulfone groups is 1. The monoisotopic (exact) mass is 528 g/mol. The quantitative estimate of drug-likeness (QED) is 0.532. The van der Waals surface area contributed by atoms with Crippen molar-refractivity contribution in [3.8, 4) is 29.0 Å². The largest absolute Gasteiger partial charge is 0.586 e. The highest BCUT2D eigenvalue weighted by molar-refractivity contribution is 7.91. The van der Waals surface area contributed by atoms with Crippen molar-refractivity contribution in [2.45, 2.75) is 49.3 Å². The molecule has 0 bridgehead atoms. The molecule has 0 radical (unpaired) electrons. The number of aliphatic hydroxyl groups excluding tert-OH is 1. The van der Waals surface area contributed by atoms with Crippen LogP contribution >= 0.6 is 0 Å². The second kappa shape index (κ2) is 7.66. The van der Waals surface area contributed by atoms with Crippen LogP contribution < -0.4 is 14.4 Å². The molecule has 0 spiro atoms. The van der Waals surface area contributed by atoms with Gasteiger partial charge in [-0.25, -0.2) is 13.4 Å². The Hall–Kier alpha value is -3.69. The summed E-state index contributed by atoms with van der Waals surface area (Å²) in [6, 6.07) is 12.3. The highest BCUT2D eigenvalue weighted by Crippen LogP contribution is 2.49. The fourth-order valence-electron chi connectivity index (χ4n) is 4.99. The number of imidazole rings is 1. The number of aliphatic hydroxyl groups is 1. The molecule has 1 unspecified atom stereocenters. The maximum Gasteiger partial charge on any atom is 0.586 e. The molecule has 1 fully saturated rings. The van der Waals surface area contributed by atoms with Crippen molar-refractivity contribution in [1.29, 1.82) is 5.26 Å².